The van der Waals surface area contributed by atoms with Crippen LogP contribution in [0.1, 0.15) is 73.1 Å². The van der Waals surface area contributed by atoms with E-state index in [1.54, 1.807) is 0 Å². The maximum atomic E-state index is 6.20. The van der Waals surface area contributed by atoms with Gasteiger partial charge in [-0.1, -0.05) is 33.1 Å². The minimum absolute atomic E-state index is 0.232. The normalized spacial score (nSPS) is 27.2. The molecule has 1 aliphatic carbocycles. The van der Waals surface area contributed by atoms with Gasteiger partial charge in [-0.25, -0.2) is 0 Å². The Kier molecular flexibility index (Phi) is 6.65. The molecule has 0 bridgehead atoms. The number of hydrogen-bond acceptors (Lipinski definition) is 2. The summed E-state index contributed by atoms with van der Waals surface area (Å²) in [6, 6.07) is 0. The molecule has 108 valence electrons. The Morgan fingerprint density at radius 3 is 2.61 bits per heavy atom. The molecule has 0 amide bonds. The van der Waals surface area contributed by atoms with Gasteiger partial charge in [0.15, 0.2) is 0 Å². The number of hydrogen-bond donors (Lipinski definition) is 1. The third kappa shape index (κ3) is 5.71. The van der Waals surface area contributed by atoms with Crippen LogP contribution in [0.5, 0.6) is 0 Å². The van der Waals surface area contributed by atoms with Gasteiger partial charge in [-0.05, 0) is 46.0 Å². The lowest BCUT2D eigenvalue weighted by molar-refractivity contribution is -0.0336. The second-order valence-electron chi connectivity index (χ2n) is 6.63. The second kappa shape index (κ2) is 7.49. The van der Waals surface area contributed by atoms with Gasteiger partial charge in [0, 0.05) is 12.1 Å². The summed E-state index contributed by atoms with van der Waals surface area (Å²) in [6.07, 6.45) is 8.60. The zero-order valence-corrected chi connectivity index (χ0v) is 13.1. The molecule has 1 aliphatic rings. The first-order valence-corrected chi connectivity index (χ1v) is 7.87. The monoisotopic (exact) mass is 255 g/mol. The molecule has 18 heavy (non-hydrogen) atoms. The van der Waals surface area contributed by atoms with Crippen molar-refractivity contribution in [2.45, 2.75) is 90.9 Å². The fraction of sp³-hybridized carbons (Fsp3) is 1.00. The van der Waals surface area contributed by atoms with E-state index in [0.717, 1.165) is 18.9 Å². The Morgan fingerprint density at radius 2 is 2.00 bits per heavy atom. The standard InChI is InChI=1S/C16H33NO/c1-6-14-9-8-10-15(11-14)18-13(3)12-17-16(4,5)7-2/h13-15,17H,6-12H2,1-5H3. The molecule has 0 aromatic heterocycles. The van der Waals surface area contributed by atoms with Crippen molar-refractivity contribution in [2.24, 2.45) is 5.92 Å². The van der Waals surface area contributed by atoms with Crippen LogP contribution in [0.25, 0.3) is 0 Å². The van der Waals surface area contributed by atoms with Crippen molar-refractivity contribution in [3.05, 3.63) is 0 Å². The number of rotatable bonds is 7. The Labute approximate surface area is 114 Å². The third-order valence-corrected chi connectivity index (χ3v) is 4.49. The molecule has 1 N–H and O–H groups in total. The van der Waals surface area contributed by atoms with Crippen LogP contribution in [0.3, 0.4) is 0 Å². The summed E-state index contributed by atoms with van der Waals surface area (Å²) in [5.74, 6) is 0.899. The van der Waals surface area contributed by atoms with Gasteiger partial charge in [0.2, 0.25) is 0 Å². The van der Waals surface area contributed by atoms with Gasteiger partial charge in [0.1, 0.15) is 0 Å². The van der Waals surface area contributed by atoms with Gasteiger partial charge in [-0.2, -0.15) is 0 Å². The molecular weight excluding hydrogens is 222 g/mol. The average molecular weight is 255 g/mol. The van der Waals surface area contributed by atoms with E-state index in [-0.39, 0.29) is 5.54 Å². The smallest absolute Gasteiger partial charge is 0.0675 e. The van der Waals surface area contributed by atoms with Crippen molar-refractivity contribution in [3.8, 4) is 0 Å². The fourth-order valence-corrected chi connectivity index (χ4v) is 2.66. The summed E-state index contributed by atoms with van der Waals surface area (Å²) in [7, 11) is 0. The quantitative estimate of drug-likeness (QED) is 0.738. The fourth-order valence-electron chi connectivity index (χ4n) is 2.66. The Hall–Kier alpha value is -0.0800. The highest BCUT2D eigenvalue weighted by molar-refractivity contribution is 4.78. The van der Waals surface area contributed by atoms with Crippen molar-refractivity contribution in [2.75, 3.05) is 6.54 Å². The highest BCUT2D eigenvalue weighted by atomic mass is 16.5. The lowest BCUT2D eigenvalue weighted by Crippen LogP contribution is -2.43. The number of nitrogens with one attached hydrogen (secondary N) is 1. The molecule has 2 heteroatoms. The van der Waals surface area contributed by atoms with Crippen molar-refractivity contribution < 1.29 is 4.74 Å². The predicted molar refractivity (Wildman–Crippen MR) is 79.0 cm³/mol. The van der Waals surface area contributed by atoms with E-state index in [4.69, 9.17) is 4.74 Å². The first kappa shape index (κ1) is 16.0. The van der Waals surface area contributed by atoms with Crippen molar-refractivity contribution in [1.82, 2.24) is 5.32 Å². The van der Waals surface area contributed by atoms with Crippen LogP contribution < -0.4 is 5.32 Å². The molecule has 1 rings (SSSR count). The summed E-state index contributed by atoms with van der Waals surface area (Å²) >= 11 is 0. The molecule has 3 unspecified atom stereocenters. The Balaban J connectivity index is 2.25. The lowest BCUT2D eigenvalue weighted by Gasteiger charge is -2.32. The van der Waals surface area contributed by atoms with Crippen LogP contribution in [0.2, 0.25) is 0 Å². The van der Waals surface area contributed by atoms with Crippen LogP contribution in [-0.2, 0) is 4.74 Å². The molecule has 0 aromatic carbocycles. The lowest BCUT2D eigenvalue weighted by atomic mass is 9.85. The maximum absolute atomic E-state index is 6.20. The molecule has 0 aliphatic heterocycles. The first-order chi connectivity index (χ1) is 8.46. The molecular formula is C16H33NO. The van der Waals surface area contributed by atoms with Crippen LogP contribution in [0.4, 0.5) is 0 Å². The van der Waals surface area contributed by atoms with E-state index in [2.05, 4.69) is 39.9 Å². The van der Waals surface area contributed by atoms with E-state index in [0.29, 0.717) is 12.2 Å². The molecule has 1 saturated carbocycles. The molecule has 0 radical (unpaired) electrons. The summed E-state index contributed by atoms with van der Waals surface area (Å²) in [5, 5.41) is 3.60. The van der Waals surface area contributed by atoms with E-state index in [1.807, 2.05) is 0 Å². The predicted octanol–water partition coefficient (Wildman–Crippen LogP) is 4.14. The van der Waals surface area contributed by atoms with Crippen molar-refractivity contribution in [1.29, 1.82) is 0 Å². The van der Waals surface area contributed by atoms with Gasteiger partial charge in [0.25, 0.3) is 0 Å². The molecule has 1 fully saturated rings. The molecule has 0 spiro atoms. The molecule has 0 aromatic rings. The van der Waals surface area contributed by atoms with E-state index in [9.17, 15) is 0 Å². The Morgan fingerprint density at radius 1 is 1.28 bits per heavy atom. The third-order valence-electron chi connectivity index (χ3n) is 4.49. The highest BCUT2D eigenvalue weighted by Crippen LogP contribution is 2.29. The zero-order chi connectivity index (χ0) is 13.6. The molecule has 0 heterocycles. The Bertz CT molecular complexity index is 227. The zero-order valence-electron chi connectivity index (χ0n) is 13.1. The van der Waals surface area contributed by atoms with E-state index in [1.165, 1.54) is 32.1 Å². The topological polar surface area (TPSA) is 21.3 Å². The number of ether oxygens (including phenoxy) is 1. The van der Waals surface area contributed by atoms with Crippen molar-refractivity contribution in [3.63, 3.8) is 0 Å². The minimum atomic E-state index is 0.232. The van der Waals surface area contributed by atoms with Gasteiger partial charge in [-0.3, -0.25) is 0 Å². The first-order valence-electron chi connectivity index (χ1n) is 7.87. The summed E-state index contributed by atoms with van der Waals surface area (Å²) in [5.41, 5.74) is 0.232. The van der Waals surface area contributed by atoms with Gasteiger partial charge in [-0.15, -0.1) is 0 Å². The van der Waals surface area contributed by atoms with Crippen LogP contribution in [-0.4, -0.2) is 24.3 Å². The average Bonchev–Trinajstić information content (AvgIpc) is 2.37. The SMILES string of the molecule is CCC1CCCC(OC(C)CNC(C)(C)CC)C1. The van der Waals surface area contributed by atoms with Gasteiger partial charge < -0.3 is 10.1 Å². The van der Waals surface area contributed by atoms with Crippen LogP contribution in [0, 0.1) is 5.92 Å². The molecule has 2 nitrogen and oxygen atoms in total. The second-order valence-corrected chi connectivity index (χ2v) is 6.63. The summed E-state index contributed by atoms with van der Waals surface area (Å²) in [6.45, 7) is 12.2. The van der Waals surface area contributed by atoms with E-state index < -0.39 is 0 Å². The minimum Gasteiger partial charge on any atom is -0.374 e. The molecule has 3 atom stereocenters. The van der Waals surface area contributed by atoms with Crippen LogP contribution >= 0.6 is 0 Å². The van der Waals surface area contributed by atoms with Crippen LogP contribution in [0.15, 0.2) is 0 Å². The maximum Gasteiger partial charge on any atom is 0.0675 e. The van der Waals surface area contributed by atoms with Crippen molar-refractivity contribution >= 4 is 0 Å². The highest BCUT2D eigenvalue weighted by Gasteiger charge is 2.23. The van der Waals surface area contributed by atoms with E-state index >= 15 is 0 Å². The molecule has 0 saturated heterocycles. The largest absolute Gasteiger partial charge is 0.374 e. The summed E-state index contributed by atoms with van der Waals surface area (Å²) in [4.78, 5) is 0. The van der Waals surface area contributed by atoms with Gasteiger partial charge >= 0.3 is 0 Å². The van der Waals surface area contributed by atoms with Gasteiger partial charge in [0.05, 0.1) is 12.2 Å². The summed E-state index contributed by atoms with van der Waals surface area (Å²) < 4.78 is 6.20.